The third kappa shape index (κ3) is 2.14. The standard InChI is InChI=1S/C13H15N2O/c1-2-5-10-6-3-4-7-11(10)12-13(16)15-9-8-14-12/h2-4,6-7,12,14H,1,5,8-9H2. The zero-order valence-electron chi connectivity index (χ0n) is 9.15. The molecule has 0 aromatic heterocycles. The van der Waals surface area contributed by atoms with Crippen molar-refractivity contribution in [2.24, 2.45) is 0 Å². The topological polar surface area (TPSA) is 43.2 Å². The molecular formula is C13H15N2O. The molecule has 83 valence electrons. The highest BCUT2D eigenvalue weighted by atomic mass is 16.2. The smallest absolute Gasteiger partial charge is 0.262 e. The lowest BCUT2D eigenvalue weighted by atomic mass is 9.96. The molecule has 1 atom stereocenters. The Balaban J connectivity index is 2.30. The number of carbonyl (C=O) groups excluding carboxylic acids is 1. The second-order valence-electron chi connectivity index (χ2n) is 3.80. The largest absolute Gasteiger partial charge is 0.300 e. The van der Waals surface area contributed by atoms with Gasteiger partial charge < -0.3 is 5.32 Å². The number of hydrogen-bond donors (Lipinski definition) is 1. The van der Waals surface area contributed by atoms with Crippen molar-refractivity contribution in [3.63, 3.8) is 0 Å². The second kappa shape index (κ2) is 4.94. The third-order valence-corrected chi connectivity index (χ3v) is 2.71. The molecule has 0 saturated carbocycles. The van der Waals surface area contributed by atoms with Crippen LogP contribution in [0.3, 0.4) is 0 Å². The van der Waals surface area contributed by atoms with Crippen LogP contribution in [0.15, 0.2) is 36.9 Å². The van der Waals surface area contributed by atoms with Crippen molar-refractivity contribution in [2.75, 3.05) is 13.1 Å². The van der Waals surface area contributed by atoms with E-state index in [0.29, 0.717) is 6.54 Å². The highest BCUT2D eigenvalue weighted by molar-refractivity contribution is 5.84. The summed E-state index contributed by atoms with van der Waals surface area (Å²) in [6.45, 7) is 5.08. The van der Waals surface area contributed by atoms with Crippen LogP contribution in [-0.4, -0.2) is 19.0 Å². The average Bonchev–Trinajstić information content (AvgIpc) is 2.31. The van der Waals surface area contributed by atoms with E-state index in [4.69, 9.17) is 0 Å². The summed E-state index contributed by atoms with van der Waals surface area (Å²) in [5.41, 5.74) is 2.16. The maximum Gasteiger partial charge on any atom is 0.262 e. The van der Waals surface area contributed by atoms with E-state index < -0.39 is 0 Å². The van der Waals surface area contributed by atoms with Crippen LogP contribution in [0.2, 0.25) is 0 Å². The number of carbonyl (C=O) groups is 1. The second-order valence-corrected chi connectivity index (χ2v) is 3.80. The number of amides is 1. The van der Waals surface area contributed by atoms with Gasteiger partial charge in [0.05, 0.1) is 6.54 Å². The van der Waals surface area contributed by atoms with Gasteiger partial charge in [0.2, 0.25) is 0 Å². The molecule has 2 rings (SSSR count). The van der Waals surface area contributed by atoms with Crippen LogP contribution in [0.1, 0.15) is 17.2 Å². The lowest BCUT2D eigenvalue weighted by Crippen LogP contribution is -2.43. The van der Waals surface area contributed by atoms with Crippen molar-refractivity contribution in [3.05, 3.63) is 48.0 Å². The molecule has 1 fully saturated rings. The van der Waals surface area contributed by atoms with Crippen molar-refractivity contribution in [2.45, 2.75) is 12.5 Å². The Labute approximate surface area is 95.6 Å². The minimum absolute atomic E-state index is 0.0669. The SMILES string of the molecule is C=CCc1ccccc1C1NCC[N]C1=O. The Morgan fingerprint density at radius 2 is 2.31 bits per heavy atom. The zero-order valence-corrected chi connectivity index (χ0v) is 9.15. The molecule has 1 saturated heterocycles. The quantitative estimate of drug-likeness (QED) is 0.770. The molecule has 1 N–H and O–H groups in total. The van der Waals surface area contributed by atoms with Crippen LogP contribution in [0, 0.1) is 0 Å². The van der Waals surface area contributed by atoms with Gasteiger partial charge in [-0.15, -0.1) is 6.58 Å². The monoisotopic (exact) mass is 215 g/mol. The van der Waals surface area contributed by atoms with Gasteiger partial charge in [-0.2, -0.15) is 0 Å². The van der Waals surface area contributed by atoms with E-state index >= 15 is 0 Å². The fourth-order valence-corrected chi connectivity index (χ4v) is 1.95. The predicted octanol–water partition coefficient (Wildman–Crippen LogP) is 1.19. The van der Waals surface area contributed by atoms with Crippen LogP contribution in [0.25, 0.3) is 0 Å². The molecule has 16 heavy (non-hydrogen) atoms. The van der Waals surface area contributed by atoms with Crippen molar-refractivity contribution in [1.82, 2.24) is 10.6 Å². The molecule has 0 bridgehead atoms. The average molecular weight is 215 g/mol. The summed E-state index contributed by atoms with van der Waals surface area (Å²) in [6.07, 6.45) is 2.63. The molecule has 1 aliphatic rings. The van der Waals surface area contributed by atoms with Crippen molar-refractivity contribution in [1.29, 1.82) is 0 Å². The summed E-state index contributed by atoms with van der Waals surface area (Å²) < 4.78 is 0. The fraction of sp³-hybridized carbons (Fsp3) is 0.308. The summed E-state index contributed by atoms with van der Waals surface area (Å²) in [4.78, 5) is 11.7. The Kier molecular flexibility index (Phi) is 3.37. The minimum Gasteiger partial charge on any atom is -0.300 e. The van der Waals surface area contributed by atoms with Gasteiger partial charge in [-0.25, -0.2) is 5.32 Å². The van der Waals surface area contributed by atoms with E-state index in [1.165, 1.54) is 0 Å². The molecule has 1 heterocycles. The third-order valence-electron chi connectivity index (χ3n) is 2.71. The molecular weight excluding hydrogens is 200 g/mol. The van der Waals surface area contributed by atoms with Gasteiger partial charge in [-0.1, -0.05) is 30.3 Å². The highest BCUT2D eigenvalue weighted by Crippen LogP contribution is 2.20. The Morgan fingerprint density at radius 1 is 1.50 bits per heavy atom. The van der Waals surface area contributed by atoms with E-state index in [1.807, 2.05) is 30.3 Å². The molecule has 0 aliphatic carbocycles. The van der Waals surface area contributed by atoms with Crippen LogP contribution in [-0.2, 0) is 11.2 Å². The Bertz CT molecular complexity index is 401. The highest BCUT2D eigenvalue weighted by Gasteiger charge is 2.25. The first-order valence-electron chi connectivity index (χ1n) is 5.46. The zero-order chi connectivity index (χ0) is 11.4. The first kappa shape index (κ1) is 10.9. The van der Waals surface area contributed by atoms with Crippen molar-refractivity contribution in [3.8, 4) is 0 Å². The number of nitrogens with zero attached hydrogens (tertiary/aromatic N) is 1. The first-order chi connectivity index (χ1) is 7.83. The van der Waals surface area contributed by atoms with Gasteiger partial charge >= 0.3 is 0 Å². The van der Waals surface area contributed by atoms with Gasteiger partial charge in [-0.05, 0) is 17.5 Å². The van der Waals surface area contributed by atoms with Crippen LogP contribution < -0.4 is 10.6 Å². The Hall–Kier alpha value is -1.61. The normalized spacial score (nSPS) is 20.2. The summed E-state index contributed by atoms with van der Waals surface area (Å²) >= 11 is 0. The number of hydrogen-bond acceptors (Lipinski definition) is 2. The lowest BCUT2D eigenvalue weighted by Gasteiger charge is -2.23. The van der Waals surface area contributed by atoms with Gasteiger partial charge in [0.15, 0.2) is 0 Å². The number of nitrogens with one attached hydrogen (secondary N) is 1. The van der Waals surface area contributed by atoms with Gasteiger partial charge in [-0.3, -0.25) is 4.79 Å². The molecule has 1 aliphatic heterocycles. The summed E-state index contributed by atoms with van der Waals surface area (Å²) in [7, 11) is 0. The fourth-order valence-electron chi connectivity index (χ4n) is 1.95. The minimum atomic E-state index is -0.273. The number of rotatable bonds is 3. The van der Waals surface area contributed by atoms with E-state index in [1.54, 1.807) is 0 Å². The number of benzene rings is 1. The van der Waals surface area contributed by atoms with Gasteiger partial charge in [0.1, 0.15) is 6.04 Å². The van der Waals surface area contributed by atoms with E-state index in [0.717, 1.165) is 24.1 Å². The summed E-state index contributed by atoms with van der Waals surface area (Å²) in [5, 5.41) is 7.17. The van der Waals surface area contributed by atoms with Crippen molar-refractivity contribution < 1.29 is 4.79 Å². The van der Waals surface area contributed by atoms with Gasteiger partial charge in [0, 0.05) is 6.54 Å². The van der Waals surface area contributed by atoms with Crippen LogP contribution >= 0.6 is 0 Å². The van der Waals surface area contributed by atoms with Crippen LogP contribution in [0.4, 0.5) is 0 Å². The maximum absolute atomic E-state index is 11.7. The molecule has 1 amide bonds. The molecule has 1 aromatic rings. The van der Waals surface area contributed by atoms with E-state index in [2.05, 4.69) is 17.2 Å². The number of piperazine rings is 1. The Morgan fingerprint density at radius 3 is 3.06 bits per heavy atom. The predicted molar refractivity (Wildman–Crippen MR) is 63.1 cm³/mol. The summed E-state index contributed by atoms with van der Waals surface area (Å²) in [6, 6.07) is 7.67. The lowest BCUT2D eigenvalue weighted by molar-refractivity contribution is -0.124. The first-order valence-corrected chi connectivity index (χ1v) is 5.46. The molecule has 1 radical (unpaired) electrons. The van der Waals surface area contributed by atoms with Crippen LogP contribution in [0.5, 0.6) is 0 Å². The van der Waals surface area contributed by atoms with E-state index in [9.17, 15) is 4.79 Å². The molecule has 3 heteroatoms. The molecule has 0 spiro atoms. The molecule has 1 unspecified atom stereocenters. The maximum atomic E-state index is 11.7. The van der Waals surface area contributed by atoms with E-state index in [-0.39, 0.29) is 11.9 Å². The molecule has 1 aromatic carbocycles. The van der Waals surface area contributed by atoms with Gasteiger partial charge in [0.25, 0.3) is 5.91 Å². The number of allylic oxidation sites excluding steroid dienone is 1. The van der Waals surface area contributed by atoms with Crippen molar-refractivity contribution >= 4 is 5.91 Å². The summed E-state index contributed by atoms with van der Waals surface area (Å²) in [5.74, 6) is -0.0669. The molecule has 3 nitrogen and oxygen atoms in total.